The molecule has 0 N–H and O–H groups in total. The molecule has 4 saturated carbocycles. The SMILES string of the molecule is CCCCCCC(=O)C1(C(/C=C/[C@@H](C)[C@H]2CC[C@H]3/C(=C/C=C4C[C@@H](O[Si](C)(C)C(C)(C)C)C[C@H](O[Si](C)(C)C(C)(C)C)C4)CCC[C@]23C)OC2CCCCO2)CC1. The molecule has 326 valence electrons. The highest BCUT2D eigenvalue weighted by Crippen LogP contribution is 2.60. The van der Waals surface area contributed by atoms with Gasteiger partial charge in [0.25, 0.3) is 0 Å². The van der Waals surface area contributed by atoms with Gasteiger partial charge in [-0.2, -0.15) is 0 Å². The third kappa shape index (κ3) is 11.6. The fourth-order valence-electron chi connectivity index (χ4n) is 10.6. The van der Waals surface area contributed by atoms with Crippen LogP contribution in [0.4, 0.5) is 0 Å². The lowest BCUT2D eigenvalue weighted by atomic mass is 9.61. The molecule has 5 rings (SSSR count). The average molecular weight is 825 g/mol. The van der Waals surface area contributed by atoms with E-state index in [4.69, 9.17) is 18.3 Å². The largest absolute Gasteiger partial charge is 0.414 e. The van der Waals surface area contributed by atoms with E-state index in [-0.39, 0.29) is 45.5 Å². The van der Waals surface area contributed by atoms with Crippen LogP contribution >= 0.6 is 0 Å². The van der Waals surface area contributed by atoms with Crippen LogP contribution in [0, 0.1) is 28.6 Å². The Labute approximate surface area is 353 Å². The van der Waals surface area contributed by atoms with Crippen molar-refractivity contribution >= 4 is 22.4 Å². The van der Waals surface area contributed by atoms with E-state index in [0.29, 0.717) is 30.0 Å². The Balaban J connectivity index is 1.32. The van der Waals surface area contributed by atoms with Gasteiger partial charge in [-0.15, -0.1) is 0 Å². The molecule has 0 aromatic carbocycles. The molecule has 1 saturated heterocycles. The quantitative estimate of drug-likeness (QED) is 0.0831. The lowest BCUT2D eigenvalue weighted by molar-refractivity contribution is -0.191. The molecule has 4 aliphatic carbocycles. The number of allylic oxidation sites excluding steroid dienone is 4. The van der Waals surface area contributed by atoms with Gasteiger partial charge in [0.15, 0.2) is 22.9 Å². The molecule has 0 radical (unpaired) electrons. The van der Waals surface area contributed by atoms with Gasteiger partial charge in [-0.05, 0) is 149 Å². The monoisotopic (exact) mass is 825 g/mol. The minimum Gasteiger partial charge on any atom is -0.414 e. The number of carbonyl (C=O) groups is 1. The van der Waals surface area contributed by atoms with Crippen LogP contribution in [-0.4, -0.2) is 53.6 Å². The fourth-order valence-corrected chi connectivity index (χ4v) is 13.3. The van der Waals surface area contributed by atoms with E-state index in [1.165, 1.54) is 50.5 Å². The maximum absolute atomic E-state index is 13.8. The van der Waals surface area contributed by atoms with E-state index in [1.807, 2.05) is 0 Å². The minimum atomic E-state index is -1.92. The normalized spacial score (nSPS) is 31.7. The number of fused-ring (bicyclic) bond motifs is 1. The summed E-state index contributed by atoms with van der Waals surface area (Å²) in [5.74, 6) is 2.12. The number of hydrogen-bond acceptors (Lipinski definition) is 5. The van der Waals surface area contributed by atoms with Crippen molar-refractivity contribution in [3.05, 3.63) is 35.5 Å². The number of ketones is 1. The first-order valence-electron chi connectivity index (χ1n) is 23.8. The second-order valence-corrected chi connectivity index (χ2v) is 32.3. The highest BCUT2D eigenvalue weighted by molar-refractivity contribution is 6.74. The summed E-state index contributed by atoms with van der Waals surface area (Å²) in [6.07, 6.45) is 29.7. The van der Waals surface area contributed by atoms with E-state index in [2.05, 4.69) is 113 Å². The third-order valence-electron chi connectivity index (χ3n) is 16.4. The average Bonchev–Trinajstić information content (AvgIpc) is 3.85. The highest BCUT2D eigenvalue weighted by Gasteiger charge is 2.56. The van der Waals surface area contributed by atoms with Crippen LogP contribution in [0.3, 0.4) is 0 Å². The van der Waals surface area contributed by atoms with Gasteiger partial charge >= 0.3 is 0 Å². The van der Waals surface area contributed by atoms with Crippen LogP contribution in [0.5, 0.6) is 0 Å². The van der Waals surface area contributed by atoms with Crippen molar-refractivity contribution in [2.75, 3.05) is 6.61 Å². The Morgan fingerprint density at radius 3 is 2.05 bits per heavy atom. The van der Waals surface area contributed by atoms with Crippen LogP contribution in [0.15, 0.2) is 35.5 Å². The molecule has 7 heteroatoms. The van der Waals surface area contributed by atoms with Gasteiger partial charge in [-0.1, -0.05) is 117 Å². The Kier molecular flexibility index (Phi) is 15.8. The molecule has 2 unspecified atom stereocenters. The standard InChI is InChI=1S/C50H88O5Si2/c1-14-15-16-17-22-44(51)50(31-32-50)45(53-46-23-18-19-33-52-46)29-24-37(2)42-27-28-43-39(21-20-30-49(42,43)9)26-25-38-34-40(54-56(10,11)47(3,4)5)36-41(35-38)55-57(12,13)48(6,7)8/h24-26,29,37,40-43,45-46H,14-23,27-28,30-36H2,1-13H3/b29-24+,39-26+/t37-,40-,41-,42-,43+,45?,46?,49-/m1/s1. The summed E-state index contributed by atoms with van der Waals surface area (Å²) in [7, 11) is -3.84. The molecule has 0 amide bonds. The molecule has 1 aliphatic heterocycles. The summed E-state index contributed by atoms with van der Waals surface area (Å²) in [5.41, 5.74) is 3.13. The lowest BCUT2D eigenvalue weighted by Gasteiger charge is -2.45. The number of Topliss-reactive ketones (excluding diaryl/α,β-unsaturated/α-hetero) is 1. The van der Waals surface area contributed by atoms with Crippen LogP contribution < -0.4 is 0 Å². The van der Waals surface area contributed by atoms with Gasteiger partial charge in [0, 0.05) is 13.0 Å². The molecule has 57 heavy (non-hydrogen) atoms. The van der Waals surface area contributed by atoms with Crippen molar-refractivity contribution in [2.45, 2.75) is 239 Å². The second kappa shape index (κ2) is 19.1. The minimum absolute atomic E-state index is 0.176. The first-order chi connectivity index (χ1) is 26.6. The maximum atomic E-state index is 13.8. The molecule has 0 aromatic heterocycles. The van der Waals surface area contributed by atoms with Crippen molar-refractivity contribution in [3.8, 4) is 0 Å². The van der Waals surface area contributed by atoms with E-state index < -0.39 is 16.6 Å². The molecule has 8 atom stereocenters. The Hall–Kier alpha value is -0.836. The third-order valence-corrected chi connectivity index (χ3v) is 25.5. The smallest absolute Gasteiger partial charge is 0.192 e. The number of unbranched alkanes of at least 4 members (excludes halogenated alkanes) is 3. The number of rotatable bonds is 17. The first kappa shape index (κ1) is 47.2. The van der Waals surface area contributed by atoms with Gasteiger partial charge in [-0.25, -0.2) is 0 Å². The fraction of sp³-hybridized carbons (Fsp3) is 0.860. The van der Waals surface area contributed by atoms with Crippen molar-refractivity contribution in [3.63, 3.8) is 0 Å². The van der Waals surface area contributed by atoms with Gasteiger partial charge in [-0.3, -0.25) is 4.79 Å². The van der Waals surface area contributed by atoms with E-state index >= 15 is 0 Å². The molecule has 1 heterocycles. The second-order valence-electron chi connectivity index (χ2n) is 22.8. The molecule has 0 bridgehead atoms. The Bertz CT molecular complexity index is 1380. The summed E-state index contributed by atoms with van der Waals surface area (Å²) in [5, 5.41) is 0.374. The van der Waals surface area contributed by atoms with Gasteiger partial charge in [0.2, 0.25) is 0 Å². The number of carbonyl (C=O) groups excluding carboxylic acids is 1. The van der Waals surface area contributed by atoms with Crippen molar-refractivity contribution in [1.82, 2.24) is 0 Å². The lowest BCUT2D eigenvalue weighted by Crippen LogP contribution is -2.48. The Morgan fingerprint density at radius 2 is 1.49 bits per heavy atom. The topological polar surface area (TPSA) is 54.0 Å². The van der Waals surface area contributed by atoms with Crippen LogP contribution in [-0.2, 0) is 23.1 Å². The molecular weight excluding hydrogens is 737 g/mol. The summed E-state index contributed by atoms with van der Waals surface area (Å²) < 4.78 is 27.1. The Morgan fingerprint density at radius 1 is 0.842 bits per heavy atom. The zero-order valence-corrected chi connectivity index (χ0v) is 41.3. The van der Waals surface area contributed by atoms with E-state index in [1.54, 1.807) is 5.57 Å². The van der Waals surface area contributed by atoms with Gasteiger partial charge < -0.3 is 18.3 Å². The van der Waals surface area contributed by atoms with Crippen molar-refractivity contribution in [2.24, 2.45) is 28.6 Å². The van der Waals surface area contributed by atoms with E-state index in [9.17, 15) is 4.79 Å². The molecule has 5 fully saturated rings. The van der Waals surface area contributed by atoms with Crippen molar-refractivity contribution in [1.29, 1.82) is 0 Å². The highest BCUT2D eigenvalue weighted by atomic mass is 28.4. The molecule has 0 aromatic rings. The van der Waals surface area contributed by atoms with E-state index in [0.717, 1.165) is 70.8 Å². The summed E-state index contributed by atoms with van der Waals surface area (Å²) >= 11 is 0. The maximum Gasteiger partial charge on any atom is 0.192 e. The van der Waals surface area contributed by atoms with Crippen LogP contribution in [0.2, 0.25) is 36.3 Å². The van der Waals surface area contributed by atoms with Crippen LogP contribution in [0.1, 0.15) is 178 Å². The van der Waals surface area contributed by atoms with Gasteiger partial charge in [0.1, 0.15) is 5.78 Å². The predicted octanol–water partition coefficient (Wildman–Crippen LogP) is 14.4. The molecule has 5 aliphatic rings. The van der Waals surface area contributed by atoms with Gasteiger partial charge in [0.05, 0.1) is 23.7 Å². The zero-order chi connectivity index (χ0) is 41.9. The number of ether oxygens (including phenoxy) is 2. The van der Waals surface area contributed by atoms with Crippen molar-refractivity contribution < 1.29 is 23.1 Å². The zero-order valence-electron chi connectivity index (χ0n) is 39.3. The predicted molar refractivity (Wildman–Crippen MR) is 245 cm³/mol. The number of hydrogen-bond donors (Lipinski definition) is 0. The summed E-state index contributed by atoms with van der Waals surface area (Å²) in [6.45, 7) is 31.8. The summed E-state index contributed by atoms with van der Waals surface area (Å²) in [4.78, 5) is 13.8. The molecule has 0 spiro atoms. The summed E-state index contributed by atoms with van der Waals surface area (Å²) in [6, 6.07) is 0. The molecular formula is C50H88O5Si2. The first-order valence-corrected chi connectivity index (χ1v) is 29.7. The molecule has 5 nitrogen and oxygen atoms in total. The van der Waals surface area contributed by atoms with Crippen LogP contribution in [0.25, 0.3) is 0 Å².